The Kier molecular flexibility index (Phi) is 6.65. The molecule has 0 fully saturated rings. The third-order valence-corrected chi connectivity index (χ3v) is 5.26. The number of aryl methyl sites for hydroxylation is 1. The molecular formula is C22H21N3O4S. The lowest BCUT2D eigenvalue weighted by Crippen LogP contribution is -2.06. The van der Waals surface area contributed by atoms with Crippen LogP contribution in [0.4, 0.5) is 0 Å². The Labute approximate surface area is 178 Å². The van der Waals surface area contributed by atoms with Crippen LogP contribution in [-0.2, 0) is 11.2 Å². The Morgan fingerprint density at radius 1 is 1.17 bits per heavy atom. The van der Waals surface area contributed by atoms with Gasteiger partial charge in [-0.3, -0.25) is 4.79 Å². The quantitative estimate of drug-likeness (QED) is 0.566. The first kappa shape index (κ1) is 21.3. The number of rotatable bonds is 8. The van der Waals surface area contributed by atoms with E-state index < -0.39 is 5.97 Å². The van der Waals surface area contributed by atoms with Crippen molar-refractivity contribution >= 4 is 17.3 Å². The molecule has 2 aromatic carbocycles. The van der Waals surface area contributed by atoms with Gasteiger partial charge in [0.2, 0.25) is 0 Å². The molecule has 0 unspecified atom stereocenters. The van der Waals surface area contributed by atoms with E-state index in [0.29, 0.717) is 33.5 Å². The molecule has 0 saturated heterocycles. The largest absolute Gasteiger partial charge is 0.496 e. The molecule has 0 saturated carbocycles. The lowest BCUT2D eigenvalue weighted by Gasteiger charge is -2.11. The van der Waals surface area contributed by atoms with E-state index >= 15 is 0 Å². The van der Waals surface area contributed by atoms with Crippen molar-refractivity contribution < 1.29 is 19.4 Å². The maximum Gasteiger partial charge on any atom is 0.303 e. The minimum Gasteiger partial charge on any atom is -0.496 e. The number of ether oxygens (including phenoxy) is 2. The number of nitrogens with zero attached hydrogens (tertiary/aromatic N) is 3. The summed E-state index contributed by atoms with van der Waals surface area (Å²) in [6.45, 7) is 3.82. The number of carboxylic acid groups (broad SMARTS) is 1. The summed E-state index contributed by atoms with van der Waals surface area (Å²) < 4.78 is 11.2. The second kappa shape index (κ2) is 9.37. The van der Waals surface area contributed by atoms with Gasteiger partial charge in [-0.15, -0.1) is 10.2 Å². The van der Waals surface area contributed by atoms with Crippen LogP contribution >= 0.6 is 11.3 Å². The van der Waals surface area contributed by atoms with Crippen molar-refractivity contribution in [2.75, 3.05) is 7.11 Å². The first-order valence-corrected chi connectivity index (χ1v) is 10.2. The molecule has 0 amide bonds. The van der Waals surface area contributed by atoms with Gasteiger partial charge < -0.3 is 14.6 Å². The van der Waals surface area contributed by atoms with Crippen molar-refractivity contribution in [3.63, 3.8) is 0 Å². The van der Waals surface area contributed by atoms with Crippen LogP contribution < -0.4 is 9.47 Å². The maximum atomic E-state index is 10.8. The summed E-state index contributed by atoms with van der Waals surface area (Å²) in [5, 5.41) is 28.2. The normalized spacial score (nSPS) is 10.6. The van der Waals surface area contributed by atoms with Gasteiger partial charge in [-0.05, 0) is 56.2 Å². The maximum absolute atomic E-state index is 10.8. The van der Waals surface area contributed by atoms with Crippen LogP contribution in [0.3, 0.4) is 0 Å². The number of methoxy groups -OCH3 is 1. The standard InChI is InChI=1S/C22H21N3O4S/c1-13(2)29-18-8-6-15(11-16(18)12-23)21-24-25-22(30-21)17-7-4-14(5-9-20(26)27)10-19(17)28-3/h4,6-8,10-11,13H,5,9H2,1-3H3,(H,26,27). The fourth-order valence-electron chi connectivity index (χ4n) is 2.87. The van der Waals surface area contributed by atoms with Crippen LogP contribution in [0.2, 0.25) is 0 Å². The molecule has 0 atom stereocenters. The van der Waals surface area contributed by atoms with Gasteiger partial charge in [0.05, 0.1) is 24.3 Å². The summed E-state index contributed by atoms with van der Waals surface area (Å²) in [6.07, 6.45) is 0.458. The van der Waals surface area contributed by atoms with Crippen LogP contribution in [0, 0.1) is 11.3 Å². The van der Waals surface area contributed by atoms with Gasteiger partial charge >= 0.3 is 5.97 Å². The third kappa shape index (κ3) is 4.93. The van der Waals surface area contributed by atoms with E-state index in [9.17, 15) is 10.1 Å². The molecule has 0 aliphatic rings. The summed E-state index contributed by atoms with van der Waals surface area (Å²) in [5.74, 6) is 0.312. The topological polar surface area (TPSA) is 105 Å². The predicted octanol–water partition coefficient (Wildman–Crippen LogP) is 4.56. The molecule has 0 radical (unpaired) electrons. The Balaban J connectivity index is 1.89. The van der Waals surface area contributed by atoms with E-state index in [1.165, 1.54) is 11.3 Å². The zero-order valence-electron chi connectivity index (χ0n) is 16.9. The number of carboxylic acids is 1. The second-order valence-electron chi connectivity index (χ2n) is 6.83. The molecule has 0 aliphatic carbocycles. The number of benzene rings is 2. The van der Waals surface area contributed by atoms with Gasteiger partial charge in [-0.2, -0.15) is 5.26 Å². The van der Waals surface area contributed by atoms with E-state index in [1.54, 1.807) is 19.2 Å². The number of aliphatic carboxylic acids is 1. The lowest BCUT2D eigenvalue weighted by molar-refractivity contribution is -0.136. The highest BCUT2D eigenvalue weighted by molar-refractivity contribution is 7.18. The highest BCUT2D eigenvalue weighted by atomic mass is 32.1. The minimum absolute atomic E-state index is 0.0259. The van der Waals surface area contributed by atoms with Gasteiger partial charge in [0, 0.05) is 12.0 Å². The fraction of sp³-hybridized carbons (Fsp3) is 0.273. The van der Waals surface area contributed by atoms with Crippen molar-refractivity contribution in [2.45, 2.75) is 32.8 Å². The van der Waals surface area contributed by atoms with Gasteiger partial charge in [0.1, 0.15) is 22.6 Å². The highest BCUT2D eigenvalue weighted by Gasteiger charge is 2.15. The molecule has 1 N–H and O–H groups in total. The monoisotopic (exact) mass is 423 g/mol. The van der Waals surface area contributed by atoms with E-state index in [1.807, 2.05) is 38.1 Å². The number of carbonyl (C=O) groups is 1. The Hall–Kier alpha value is -3.44. The average Bonchev–Trinajstić information content (AvgIpc) is 3.21. The lowest BCUT2D eigenvalue weighted by atomic mass is 10.1. The molecule has 7 nitrogen and oxygen atoms in total. The number of nitriles is 1. The van der Waals surface area contributed by atoms with E-state index in [-0.39, 0.29) is 12.5 Å². The predicted molar refractivity (Wildman–Crippen MR) is 114 cm³/mol. The van der Waals surface area contributed by atoms with Crippen LogP contribution in [0.15, 0.2) is 36.4 Å². The van der Waals surface area contributed by atoms with Crippen LogP contribution in [-0.4, -0.2) is 34.5 Å². The molecule has 1 aromatic heterocycles. The van der Waals surface area contributed by atoms with Crippen LogP contribution in [0.1, 0.15) is 31.4 Å². The van der Waals surface area contributed by atoms with E-state index in [0.717, 1.165) is 16.7 Å². The Morgan fingerprint density at radius 3 is 2.60 bits per heavy atom. The summed E-state index contributed by atoms with van der Waals surface area (Å²) >= 11 is 1.39. The average molecular weight is 423 g/mol. The third-order valence-electron chi connectivity index (χ3n) is 4.26. The molecule has 3 aromatic rings. The molecule has 1 heterocycles. The summed E-state index contributed by atoms with van der Waals surface area (Å²) in [5.41, 5.74) is 2.88. The SMILES string of the molecule is COc1cc(CCC(=O)O)ccc1-c1nnc(-c2ccc(OC(C)C)c(C#N)c2)s1. The molecule has 0 spiro atoms. The van der Waals surface area contributed by atoms with Crippen LogP contribution in [0.25, 0.3) is 21.1 Å². The molecule has 154 valence electrons. The molecule has 0 bridgehead atoms. The van der Waals surface area contributed by atoms with Gasteiger partial charge in [0.25, 0.3) is 0 Å². The minimum atomic E-state index is -0.839. The smallest absolute Gasteiger partial charge is 0.303 e. The van der Waals surface area contributed by atoms with Gasteiger partial charge in [-0.25, -0.2) is 0 Å². The molecule has 30 heavy (non-hydrogen) atoms. The van der Waals surface area contributed by atoms with Gasteiger partial charge in [-0.1, -0.05) is 17.4 Å². The van der Waals surface area contributed by atoms with E-state index in [4.69, 9.17) is 14.6 Å². The number of hydrogen-bond donors (Lipinski definition) is 1. The van der Waals surface area contributed by atoms with Gasteiger partial charge in [0.15, 0.2) is 5.01 Å². The van der Waals surface area contributed by atoms with Crippen molar-refractivity contribution in [2.24, 2.45) is 0 Å². The van der Waals surface area contributed by atoms with Crippen molar-refractivity contribution in [1.82, 2.24) is 10.2 Å². The number of aromatic nitrogens is 2. The van der Waals surface area contributed by atoms with Crippen LogP contribution in [0.5, 0.6) is 11.5 Å². The summed E-state index contributed by atoms with van der Waals surface area (Å²) in [6, 6.07) is 13.1. The van der Waals surface area contributed by atoms with Crippen molar-refractivity contribution in [3.8, 4) is 38.7 Å². The summed E-state index contributed by atoms with van der Waals surface area (Å²) in [7, 11) is 1.56. The number of hydrogen-bond acceptors (Lipinski definition) is 7. The molecule has 0 aliphatic heterocycles. The highest BCUT2D eigenvalue weighted by Crippen LogP contribution is 2.37. The van der Waals surface area contributed by atoms with Crippen molar-refractivity contribution in [3.05, 3.63) is 47.5 Å². The first-order valence-electron chi connectivity index (χ1n) is 9.35. The Morgan fingerprint density at radius 2 is 1.93 bits per heavy atom. The Bertz CT molecular complexity index is 1100. The fourth-order valence-corrected chi connectivity index (χ4v) is 3.74. The zero-order valence-corrected chi connectivity index (χ0v) is 17.7. The van der Waals surface area contributed by atoms with E-state index in [2.05, 4.69) is 16.3 Å². The second-order valence-corrected chi connectivity index (χ2v) is 7.81. The molecule has 8 heteroatoms. The van der Waals surface area contributed by atoms with Crippen molar-refractivity contribution in [1.29, 1.82) is 5.26 Å². The zero-order chi connectivity index (χ0) is 21.7. The summed E-state index contributed by atoms with van der Waals surface area (Å²) in [4.78, 5) is 10.8. The first-order chi connectivity index (χ1) is 14.4. The molecular weight excluding hydrogens is 402 g/mol. The molecule has 3 rings (SSSR count).